The van der Waals surface area contributed by atoms with Crippen LogP contribution in [0, 0.1) is 6.92 Å². The minimum atomic E-state index is -0.00254. The van der Waals surface area contributed by atoms with Gasteiger partial charge in [0.15, 0.2) is 5.76 Å². The van der Waals surface area contributed by atoms with E-state index in [1.165, 1.54) is 5.56 Å². The summed E-state index contributed by atoms with van der Waals surface area (Å²) in [5.74, 6) is 0.473. The van der Waals surface area contributed by atoms with E-state index in [0.29, 0.717) is 5.76 Å². The van der Waals surface area contributed by atoms with Crippen molar-refractivity contribution >= 4 is 16.9 Å². The first-order valence-electron chi connectivity index (χ1n) is 8.61. The molecule has 3 heterocycles. The van der Waals surface area contributed by atoms with Crippen molar-refractivity contribution in [3.63, 3.8) is 0 Å². The van der Waals surface area contributed by atoms with Crippen molar-refractivity contribution in [3.8, 4) is 0 Å². The molecule has 0 spiro atoms. The fourth-order valence-corrected chi connectivity index (χ4v) is 3.38. The van der Waals surface area contributed by atoms with Crippen LogP contribution in [0.15, 0.2) is 53.2 Å². The summed E-state index contributed by atoms with van der Waals surface area (Å²) in [5, 5.41) is 1.02. The molecule has 0 N–H and O–H groups in total. The molecule has 4 rings (SSSR count). The number of hydrogen-bond donors (Lipinski definition) is 0. The molecule has 0 bridgehead atoms. The van der Waals surface area contributed by atoms with Crippen molar-refractivity contribution < 1.29 is 9.21 Å². The van der Waals surface area contributed by atoms with Crippen LogP contribution in [0.3, 0.4) is 0 Å². The van der Waals surface area contributed by atoms with Gasteiger partial charge in [-0.05, 0) is 30.7 Å². The van der Waals surface area contributed by atoms with Gasteiger partial charge in [0.25, 0.3) is 5.91 Å². The molecule has 0 atom stereocenters. The molecule has 5 nitrogen and oxygen atoms in total. The number of fused-ring (bicyclic) bond motifs is 1. The maximum atomic E-state index is 12.9. The van der Waals surface area contributed by atoms with E-state index in [4.69, 9.17) is 4.42 Å². The molecule has 0 saturated carbocycles. The van der Waals surface area contributed by atoms with Gasteiger partial charge in [-0.3, -0.25) is 14.7 Å². The van der Waals surface area contributed by atoms with Crippen LogP contribution in [0.25, 0.3) is 11.0 Å². The Morgan fingerprint density at radius 1 is 1.08 bits per heavy atom. The van der Waals surface area contributed by atoms with Crippen molar-refractivity contribution in [1.82, 2.24) is 14.8 Å². The van der Waals surface area contributed by atoms with Crippen LogP contribution < -0.4 is 0 Å². The van der Waals surface area contributed by atoms with E-state index in [2.05, 4.69) is 9.88 Å². The first-order chi connectivity index (χ1) is 12.2. The number of carbonyl (C=O) groups is 1. The summed E-state index contributed by atoms with van der Waals surface area (Å²) >= 11 is 0. The maximum absolute atomic E-state index is 12.9. The van der Waals surface area contributed by atoms with Gasteiger partial charge in [0.1, 0.15) is 5.58 Å². The Hall–Kier alpha value is -2.66. The van der Waals surface area contributed by atoms with Gasteiger partial charge in [0.05, 0.1) is 0 Å². The smallest absolute Gasteiger partial charge is 0.289 e. The highest BCUT2D eigenvalue weighted by molar-refractivity contribution is 5.98. The molecule has 2 aromatic heterocycles. The molecule has 3 aromatic rings. The summed E-state index contributed by atoms with van der Waals surface area (Å²) in [4.78, 5) is 21.2. The van der Waals surface area contributed by atoms with Gasteiger partial charge in [-0.1, -0.05) is 18.2 Å². The highest BCUT2D eigenvalue weighted by atomic mass is 16.3. The molecular weight excluding hydrogens is 314 g/mol. The largest absolute Gasteiger partial charge is 0.451 e. The van der Waals surface area contributed by atoms with E-state index in [0.717, 1.165) is 49.3 Å². The van der Waals surface area contributed by atoms with Gasteiger partial charge in [-0.2, -0.15) is 0 Å². The Bertz CT molecular complexity index is 880. The maximum Gasteiger partial charge on any atom is 0.289 e. The monoisotopic (exact) mass is 335 g/mol. The number of rotatable bonds is 3. The number of aromatic nitrogens is 1. The van der Waals surface area contributed by atoms with Crippen LogP contribution in [0.5, 0.6) is 0 Å². The van der Waals surface area contributed by atoms with E-state index >= 15 is 0 Å². The second-order valence-electron chi connectivity index (χ2n) is 6.48. The molecule has 1 aromatic carbocycles. The van der Waals surface area contributed by atoms with Gasteiger partial charge < -0.3 is 9.32 Å². The summed E-state index contributed by atoms with van der Waals surface area (Å²) in [6.07, 6.45) is 3.64. The van der Waals surface area contributed by atoms with E-state index in [1.807, 2.05) is 60.6 Å². The summed E-state index contributed by atoms with van der Waals surface area (Å²) < 4.78 is 5.82. The van der Waals surface area contributed by atoms with E-state index < -0.39 is 0 Å². The minimum absolute atomic E-state index is 0.00254. The Balaban J connectivity index is 1.43. The average Bonchev–Trinajstić information content (AvgIpc) is 3.00. The molecule has 0 radical (unpaired) electrons. The number of amides is 1. The third-order valence-corrected chi connectivity index (χ3v) is 4.85. The zero-order chi connectivity index (χ0) is 17.2. The van der Waals surface area contributed by atoms with Crippen LogP contribution in [0.2, 0.25) is 0 Å². The van der Waals surface area contributed by atoms with E-state index in [9.17, 15) is 4.79 Å². The fraction of sp³-hybridized carbons (Fsp3) is 0.300. The summed E-state index contributed by atoms with van der Waals surface area (Å²) in [6, 6.07) is 11.9. The number of para-hydroxylation sites is 1. The van der Waals surface area contributed by atoms with Crippen molar-refractivity contribution in [1.29, 1.82) is 0 Å². The lowest BCUT2D eigenvalue weighted by molar-refractivity contribution is 0.0599. The normalized spacial score (nSPS) is 15.6. The Morgan fingerprint density at radius 3 is 2.52 bits per heavy atom. The molecule has 128 valence electrons. The highest BCUT2D eigenvalue weighted by Gasteiger charge is 2.26. The number of benzene rings is 1. The average molecular weight is 335 g/mol. The SMILES string of the molecule is Cc1c(C(=O)N2CCN(Cc3ccncc3)CC2)oc2ccccc12. The van der Waals surface area contributed by atoms with Gasteiger partial charge >= 0.3 is 0 Å². The van der Waals surface area contributed by atoms with Crippen molar-refractivity contribution in [2.75, 3.05) is 26.2 Å². The van der Waals surface area contributed by atoms with Crippen molar-refractivity contribution in [2.45, 2.75) is 13.5 Å². The first kappa shape index (κ1) is 15.8. The summed E-state index contributed by atoms with van der Waals surface area (Å²) in [6.45, 7) is 6.04. The van der Waals surface area contributed by atoms with Crippen LogP contribution in [0.4, 0.5) is 0 Å². The van der Waals surface area contributed by atoms with E-state index in [1.54, 1.807) is 0 Å². The number of piperazine rings is 1. The second kappa shape index (κ2) is 6.69. The predicted molar refractivity (Wildman–Crippen MR) is 96.4 cm³/mol. The standard InChI is InChI=1S/C20H21N3O2/c1-15-17-4-2-3-5-18(17)25-19(15)20(24)23-12-10-22(11-13-23)14-16-6-8-21-9-7-16/h2-9H,10-14H2,1H3. The number of furan rings is 1. The molecule has 1 aliphatic rings. The van der Waals surface area contributed by atoms with Gasteiger partial charge in [0.2, 0.25) is 0 Å². The molecule has 1 fully saturated rings. The van der Waals surface area contributed by atoms with Crippen LogP contribution in [-0.2, 0) is 6.54 Å². The van der Waals surface area contributed by atoms with Gasteiger partial charge in [-0.25, -0.2) is 0 Å². The second-order valence-corrected chi connectivity index (χ2v) is 6.48. The summed E-state index contributed by atoms with van der Waals surface area (Å²) in [5.41, 5.74) is 2.96. The Morgan fingerprint density at radius 2 is 1.80 bits per heavy atom. The number of aryl methyl sites for hydroxylation is 1. The fourth-order valence-electron chi connectivity index (χ4n) is 3.38. The van der Waals surface area contributed by atoms with Crippen molar-refractivity contribution in [2.24, 2.45) is 0 Å². The molecule has 1 saturated heterocycles. The van der Waals surface area contributed by atoms with Gasteiger partial charge in [-0.15, -0.1) is 0 Å². The molecule has 5 heteroatoms. The molecule has 25 heavy (non-hydrogen) atoms. The molecule has 0 aliphatic carbocycles. The zero-order valence-corrected chi connectivity index (χ0v) is 14.3. The zero-order valence-electron chi connectivity index (χ0n) is 14.3. The lowest BCUT2D eigenvalue weighted by atomic mass is 10.1. The molecular formula is C20H21N3O2. The number of pyridine rings is 1. The number of hydrogen-bond acceptors (Lipinski definition) is 4. The molecule has 0 unspecified atom stereocenters. The predicted octanol–water partition coefficient (Wildman–Crippen LogP) is 3.09. The topological polar surface area (TPSA) is 49.6 Å². The lowest BCUT2D eigenvalue weighted by Gasteiger charge is -2.34. The van der Waals surface area contributed by atoms with Crippen LogP contribution in [0.1, 0.15) is 21.7 Å². The molecule has 1 amide bonds. The Labute approximate surface area is 146 Å². The van der Waals surface area contributed by atoms with Crippen molar-refractivity contribution in [3.05, 3.63) is 65.7 Å². The third-order valence-electron chi connectivity index (χ3n) is 4.85. The Kier molecular flexibility index (Phi) is 4.24. The first-order valence-corrected chi connectivity index (χ1v) is 8.61. The number of carbonyl (C=O) groups excluding carboxylic acids is 1. The van der Waals surface area contributed by atoms with E-state index in [-0.39, 0.29) is 5.91 Å². The summed E-state index contributed by atoms with van der Waals surface area (Å²) in [7, 11) is 0. The quantitative estimate of drug-likeness (QED) is 0.738. The van der Waals surface area contributed by atoms with Gasteiger partial charge in [0, 0.05) is 56.1 Å². The lowest BCUT2D eigenvalue weighted by Crippen LogP contribution is -2.48. The highest BCUT2D eigenvalue weighted by Crippen LogP contribution is 2.26. The third kappa shape index (κ3) is 3.15. The molecule has 1 aliphatic heterocycles. The number of nitrogens with zero attached hydrogens (tertiary/aromatic N) is 3. The van der Waals surface area contributed by atoms with Crippen LogP contribution >= 0.6 is 0 Å². The minimum Gasteiger partial charge on any atom is -0.451 e. The van der Waals surface area contributed by atoms with Crippen LogP contribution in [-0.4, -0.2) is 46.9 Å².